The zero-order valence-electron chi connectivity index (χ0n) is 11.9. The van der Waals surface area contributed by atoms with E-state index in [1.165, 1.54) is 7.11 Å². The van der Waals surface area contributed by atoms with Gasteiger partial charge in [0.05, 0.1) is 13.2 Å². The van der Waals surface area contributed by atoms with Gasteiger partial charge in [-0.25, -0.2) is 4.79 Å². The van der Waals surface area contributed by atoms with Crippen molar-refractivity contribution < 1.29 is 19.1 Å². The fraction of sp³-hybridized carbons (Fsp3) is 0.714. The molecular formula is C14H23NO4. The Bertz CT molecular complexity index is 345. The predicted molar refractivity (Wildman–Crippen MR) is 71.5 cm³/mol. The summed E-state index contributed by atoms with van der Waals surface area (Å²) >= 11 is 0. The van der Waals surface area contributed by atoms with Gasteiger partial charge in [-0.1, -0.05) is 6.08 Å². The molecule has 5 nitrogen and oxygen atoms in total. The van der Waals surface area contributed by atoms with Crippen LogP contribution in [-0.4, -0.2) is 38.2 Å². The average molecular weight is 269 g/mol. The minimum Gasteiger partial charge on any atom is -0.466 e. The summed E-state index contributed by atoms with van der Waals surface area (Å²) in [5.41, 5.74) is 0.503. The van der Waals surface area contributed by atoms with Gasteiger partial charge in [-0.15, -0.1) is 0 Å². The highest BCUT2D eigenvalue weighted by molar-refractivity contribution is 5.87. The van der Waals surface area contributed by atoms with Gasteiger partial charge in [0.2, 0.25) is 5.91 Å². The van der Waals surface area contributed by atoms with Crippen LogP contribution in [0.15, 0.2) is 11.6 Å². The van der Waals surface area contributed by atoms with E-state index in [1.807, 2.05) is 6.92 Å². The lowest BCUT2D eigenvalue weighted by Gasteiger charge is -2.34. The number of hydrogen-bond acceptors (Lipinski definition) is 4. The minimum absolute atomic E-state index is 0.0221. The molecule has 108 valence electrons. The number of ether oxygens (including phenoxy) is 2. The molecule has 0 bridgehead atoms. The van der Waals surface area contributed by atoms with Gasteiger partial charge < -0.3 is 14.8 Å². The molecule has 1 aliphatic carbocycles. The van der Waals surface area contributed by atoms with Crippen LogP contribution in [-0.2, 0) is 19.1 Å². The number of carbonyl (C=O) groups is 2. The lowest BCUT2D eigenvalue weighted by molar-refractivity contribution is -0.136. The van der Waals surface area contributed by atoms with Crippen LogP contribution in [0.4, 0.5) is 0 Å². The third kappa shape index (κ3) is 5.42. The van der Waals surface area contributed by atoms with Crippen molar-refractivity contribution in [3.05, 3.63) is 11.6 Å². The standard InChI is InChI=1S/C14H23NO4/c1-4-19-12-7-11(8-12)9-13(16)15-6-5-10(2)14(17)18-3/h5,11-12H,4,6-9H2,1-3H3,(H,15,16)/b10-5+. The lowest BCUT2D eigenvalue weighted by atomic mass is 9.80. The quantitative estimate of drug-likeness (QED) is 0.561. The fourth-order valence-electron chi connectivity index (χ4n) is 2.11. The van der Waals surface area contributed by atoms with E-state index in [-0.39, 0.29) is 11.9 Å². The lowest BCUT2D eigenvalue weighted by Crippen LogP contribution is -2.35. The third-order valence-electron chi connectivity index (χ3n) is 3.28. The first kappa shape index (κ1) is 15.7. The van der Waals surface area contributed by atoms with E-state index < -0.39 is 0 Å². The molecule has 0 aromatic rings. The van der Waals surface area contributed by atoms with E-state index in [1.54, 1.807) is 13.0 Å². The summed E-state index contributed by atoms with van der Waals surface area (Å²) in [5, 5.41) is 2.77. The van der Waals surface area contributed by atoms with Gasteiger partial charge in [-0.2, -0.15) is 0 Å². The van der Waals surface area contributed by atoms with E-state index in [0.717, 1.165) is 19.4 Å². The van der Waals surface area contributed by atoms with Crippen LogP contribution in [0.5, 0.6) is 0 Å². The molecule has 0 radical (unpaired) electrons. The van der Waals surface area contributed by atoms with Gasteiger partial charge in [0, 0.05) is 25.1 Å². The van der Waals surface area contributed by atoms with E-state index >= 15 is 0 Å². The Balaban J connectivity index is 2.14. The van der Waals surface area contributed by atoms with Gasteiger partial charge in [0.25, 0.3) is 0 Å². The van der Waals surface area contributed by atoms with Crippen molar-refractivity contribution in [2.45, 2.75) is 39.2 Å². The second-order valence-corrected chi connectivity index (χ2v) is 4.80. The SMILES string of the molecule is CCOC1CC(CC(=O)NC/C=C(\C)C(=O)OC)C1. The topological polar surface area (TPSA) is 64.6 Å². The zero-order valence-corrected chi connectivity index (χ0v) is 11.9. The number of carbonyl (C=O) groups excluding carboxylic acids is 2. The van der Waals surface area contributed by atoms with Crippen LogP contribution < -0.4 is 5.32 Å². The molecule has 0 heterocycles. The van der Waals surface area contributed by atoms with E-state index in [4.69, 9.17) is 4.74 Å². The fourth-order valence-corrected chi connectivity index (χ4v) is 2.11. The number of methoxy groups -OCH3 is 1. The molecule has 1 amide bonds. The largest absolute Gasteiger partial charge is 0.466 e. The van der Waals surface area contributed by atoms with Gasteiger partial charge in [0.15, 0.2) is 0 Å². The molecule has 1 N–H and O–H groups in total. The molecule has 1 rings (SSSR count). The molecule has 1 aliphatic rings. The van der Waals surface area contributed by atoms with Crippen molar-refractivity contribution in [3.8, 4) is 0 Å². The molecule has 0 aliphatic heterocycles. The highest BCUT2D eigenvalue weighted by atomic mass is 16.5. The molecule has 0 unspecified atom stereocenters. The summed E-state index contributed by atoms with van der Waals surface area (Å²) in [7, 11) is 1.34. The van der Waals surface area contributed by atoms with Crippen LogP contribution in [0.25, 0.3) is 0 Å². The Morgan fingerprint density at radius 2 is 2.05 bits per heavy atom. The molecule has 1 fully saturated rings. The maximum absolute atomic E-state index is 11.6. The Hall–Kier alpha value is -1.36. The van der Waals surface area contributed by atoms with Gasteiger partial charge in [-0.3, -0.25) is 4.79 Å². The predicted octanol–water partition coefficient (Wildman–Crippen LogP) is 1.43. The molecule has 0 aromatic carbocycles. The molecule has 0 aromatic heterocycles. The van der Waals surface area contributed by atoms with Crippen LogP contribution >= 0.6 is 0 Å². The number of nitrogens with one attached hydrogen (secondary N) is 1. The third-order valence-corrected chi connectivity index (χ3v) is 3.28. The van der Waals surface area contributed by atoms with Crippen molar-refractivity contribution in [1.29, 1.82) is 0 Å². The van der Waals surface area contributed by atoms with E-state index in [9.17, 15) is 9.59 Å². The van der Waals surface area contributed by atoms with Crippen LogP contribution in [0.3, 0.4) is 0 Å². The number of hydrogen-bond donors (Lipinski definition) is 1. The Morgan fingerprint density at radius 1 is 1.37 bits per heavy atom. The van der Waals surface area contributed by atoms with Crippen molar-refractivity contribution >= 4 is 11.9 Å². The van der Waals surface area contributed by atoms with Gasteiger partial charge >= 0.3 is 5.97 Å². The van der Waals surface area contributed by atoms with Crippen molar-refractivity contribution in [2.75, 3.05) is 20.3 Å². The maximum atomic E-state index is 11.6. The van der Waals surface area contributed by atoms with Crippen LogP contribution in [0.1, 0.15) is 33.1 Å². The Kier molecular flexibility index (Phi) is 6.56. The zero-order chi connectivity index (χ0) is 14.3. The monoisotopic (exact) mass is 269 g/mol. The molecular weight excluding hydrogens is 246 g/mol. The highest BCUT2D eigenvalue weighted by Crippen LogP contribution is 2.32. The van der Waals surface area contributed by atoms with E-state index in [2.05, 4.69) is 10.1 Å². The second kappa shape index (κ2) is 7.94. The summed E-state index contributed by atoms with van der Waals surface area (Å²) in [6.45, 7) is 4.75. The molecule has 19 heavy (non-hydrogen) atoms. The van der Waals surface area contributed by atoms with Crippen LogP contribution in [0.2, 0.25) is 0 Å². The first-order valence-corrected chi connectivity index (χ1v) is 6.70. The van der Waals surface area contributed by atoms with Gasteiger partial charge in [-0.05, 0) is 32.6 Å². The second-order valence-electron chi connectivity index (χ2n) is 4.80. The summed E-state index contributed by atoms with van der Waals surface area (Å²) in [4.78, 5) is 22.7. The first-order chi connectivity index (χ1) is 9.06. The molecule has 0 spiro atoms. The minimum atomic E-state index is -0.368. The van der Waals surface area contributed by atoms with Crippen LogP contribution in [0, 0.1) is 5.92 Å². The molecule has 0 saturated heterocycles. The smallest absolute Gasteiger partial charge is 0.333 e. The molecule has 5 heteroatoms. The maximum Gasteiger partial charge on any atom is 0.333 e. The summed E-state index contributed by atoms with van der Waals surface area (Å²) in [5.74, 6) is 0.0869. The normalized spacial score (nSPS) is 22.6. The summed E-state index contributed by atoms with van der Waals surface area (Å²) in [6.07, 6.45) is 4.47. The number of amides is 1. The van der Waals surface area contributed by atoms with Crippen molar-refractivity contribution in [3.63, 3.8) is 0 Å². The Labute approximate surface area is 114 Å². The molecule has 1 saturated carbocycles. The summed E-state index contributed by atoms with van der Waals surface area (Å²) in [6, 6.07) is 0. The highest BCUT2D eigenvalue weighted by Gasteiger charge is 2.30. The average Bonchev–Trinajstić information content (AvgIpc) is 2.35. The van der Waals surface area contributed by atoms with E-state index in [0.29, 0.717) is 30.6 Å². The number of rotatable bonds is 7. The van der Waals surface area contributed by atoms with Gasteiger partial charge in [0.1, 0.15) is 0 Å². The Morgan fingerprint density at radius 3 is 2.63 bits per heavy atom. The molecule has 0 atom stereocenters. The van der Waals surface area contributed by atoms with Crippen molar-refractivity contribution in [2.24, 2.45) is 5.92 Å². The first-order valence-electron chi connectivity index (χ1n) is 6.70. The summed E-state index contributed by atoms with van der Waals surface area (Å²) < 4.78 is 10.0. The van der Waals surface area contributed by atoms with Crippen molar-refractivity contribution in [1.82, 2.24) is 5.32 Å². The number of esters is 1.